The van der Waals surface area contributed by atoms with Crippen LogP contribution in [0.5, 0.6) is 11.5 Å². The minimum absolute atomic E-state index is 0.0161. The molecule has 0 saturated carbocycles. The van der Waals surface area contributed by atoms with Crippen molar-refractivity contribution in [3.05, 3.63) is 53.6 Å². The van der Waals surface area contributed by atoms with Gasteiger partial charge in [-0.05, 0) is 48.7 Å². The van der Waals surface area contributed by atoms with E-state index >= 15 is 0 Å². The van der Waals surface area contributed by atoms with Crippen molar-refractivity contribution in [2.45, 2.75) is 39.3 Å². The van der Waals surface area contributed by atoms with Crippen molar-refractivity contribution in [2.24, 2.45) is 0 Å². The summed E-state index contributed by atoms with van der Waals surface area (Å²) in [7, 11) is 2.03. The zero-order valence-corrected chi connectivity index (χ0v) is 16.5. The first-order valence-electron chi connectivity index (χ1n) is 9.55. The Morgan fingerprint density at radius 1 is 1.04 bits per heavy atom. The van der Waals surface area contributed by atoms with E-state index in [4.69, 9.17) is 9.47 Å². The molecule has 0 saturated heterocycles. The van der Waals surface area contributed by atoms with Crippen LogP contribution in [-0.2, 0) is 11.3 Å². The van der Waals surface area contributed by atoms with Gasteiger partial charge in [-0.2, -0.15) is 0 Å². The van der Waals surface area contributed by atoms with E-state index in [1.54, 1.807) is 0 Å². The molecule has 3 rings (SSSR count). The van der Waals surface area contributed by atoms with E-state index in [1.165, 1.54) is 5.56 Å². The van der Waals surface area contributed by atoms with Crippen molar-refractivity contribution < 1.29 is 19.2 Å². The van der Waals surface area contributed by atoms with Gasteiger partial charge >= 0.3 is 0 Å². The molecule has 2 aromatic rings. The smallest absolute Gasteiger partial charge is 0.282 e. The third-order valence-electron chi connectivity index (χ3n) is 5.07. The molecule has 2 aromatic carbocycles. The molecule has 0 radical (unpaired) electrons. The highest BCUT2D eigenvalue weighted by molar-refractivity contribution is 5.93. The van der Waals surface area contributed by atoms with Gasteiger partial charge in [0.25, 0.3) is 5.91 Å². The largest absolute Gasteiger partial charge is 0.486 e. The minimum Gasteiger partial charge on any atom is -0.486 e. The van der Waals surface area contributed by atoms with E-state index < -0.39 is 0 Å². The van der Waals surface area contributed by atoms with Crippen LogP contribution in [0.2, 0.25) is 0 Å². The van der Waals surface area contributed by atoms with Crippen LogP contribution in [0, 0.1) is 0 Å². The monoisotopic (exact) mass is 369 g/mol. The van der Waals surface area contributed by atoms with Gasteiger partial charge in [0.15, 0.2) is 17.5 Å². The number of rotatable bonds is 6. The number of fused-ring (bicyclic) bond motifs is 1. The predicted octanol–water partition coefficient (Wildman–Crippen LogP) is 2.62. The normalized spacial score (nSPS) is 15.3. The zero-order chi connectivity index (χ0) is 19.4. The number of nitrogens with one attached hydrogen (secondary N) is 2. The molecule has 5 nitrogen and oxygen atoms in total. The molecule has 1 amide bonds. The summed E-state index contributed by atoms with van der Waals surface area (Å²) < 4.78 is 11.2. The summed E-state index contributed by atoms with van der Waals surface area (Å²) in [4.78, 5) is 13.7. The van der Waals surface area contributed by atoms with Crippen molar-refractivity contribution in [1.29, 1.82) is 0 Å². The molecule has 144 valence electrons. The van der Waals surface area contributed by atoms with Gasteiger partial charge in [-0.1, -0.05) is 26.0 Å². The Hall–Kier alpha value is -2.53. The zero-order valence-electron chi connectivity index (χ0n) is 16.5. The summed E-state index contributed by atoms with van der Waals surface area (Å²) >= 11 is 0. The topological polar surface area (TPSA) is 52.0 Å². The Morgan fingerprint density at radius 3 is 2.37 bits per heavy atom. The first kappa shape index (κ1) is 19.2. The number of benzene rings is 2. The van der Waals surface area contributed by atoms with Crippen molar-refractivity contribution in [3.8, 4) is 11.5 Å². The second-order valence-corrected chi connectivity index (χ2v) is 7.49. The lowest BCUT2D eigenvalue weighted by Gasteiger charge is -2.23. The second kappa shape index (κ2) is 8.44. The van der Waals surface area contributed by atoms with Gasteiger partial charge < -0.3 is 19.7 Å². The summed E-state index contributed by atoms with van der Waals surface area (Å²) in [5, 5.41) is 3.02. The number of hydrogen-bond acceptors (Lipinski definition) is 3. The van der Waals surface area contributed by atoms with Crippen LogP contribution in [0.4, 0.5) is 5.69 Å². The lowest BCUT2D eigenvalue weighted by molar-refractivity contribution is -0.907. The van der Waals surface area contributed by atoms with Crippen LogP contribution in [0.1, 0.15) is 37.8 Å². The van der Waals surface area contributed by atoms with E-state index in [1.807, 2.05) is 44.3 Å². The lowest BCUT2D eigenvalue weighted by Crippen LogP contribution is -3.12. The number of carbonyl (C=O) groups is 1. The highest BCUT2D eigenvalue weighted by Gasteiger charge is 2.23. The fraction of sp³-hybridized carbons (Fsp3) is 0.409. The van der Waals surface area contributed by atoms with Gasteiger partial charge in [0.2, 0.25) is 0 Å². The van der Waals surface area contributed by atoms with E-state index in [0.717, 1.165) is 34.2 Å². The average molecular weight is 369 g/mol. The first-order valence-corrected chi connectivity index (χ1v) is 9.55. The molecule has 0 aromatic heterocycles. The Labute approximate surface area is 161 Å². The molecule has 1 unspecified atom stereocenters. The van der Waals surface area contributed by atoms with Crippen molar-refractivity contribution in [3.63, 3.8) is 0 Å². The van der Waals surface area contributed by atoms with Gasteiger partial charge in [-0.25, -0.2) is 0 Å². The maximum absolute atomic E-state index is 12.6. The Morgan fingerprint density at radius 2 is 1.70 bits per heavy atom. The number of anilines is 1. The van der Waals surface area contributed by atoms with E-state index in [9.17, 15) is 4.79 Å². The van der Waals surface area contributed by atoms with E-state index in [0.29, 0.717) is 19.1 Å². The quantitative estimate of drug-likeness (QED) is 0.823. The number of carbonyl (C=O) groups excluding carboxylic acids is 1. The number of hydrogen-bond donors (Lipinski definition) is 2. The number of ether oxygens (including phenoxy) is 2. The minimum atomic E-state index is -0.178. The van der Waals surface area contributed by atoms with Crippen LogP contribution < -0.4 is 19.7 Å². The highest BCUT2D eigenvalue weighted by atomic mass is 16.6. The molecule has 1 aliphatic rings. The Balaban J connectivity index is 1.59. The maximum atomic E-state index is 12.6. The molecule has 0 spiro atoms. The molecule has 0 bridgehead atoms. The van der Waals surface area contributed by atoms with Gasteiger partial charge in [-0.15, -0.1) is 0 Å². The van der Waals surface area contributed by atoms with Crippen molar-refractivity contribution in [2.75, 3.05) is 25.6 Å². The number of likely N-dealkylation sites (N-methyl/N-ethyl adjacent to an activating group) is 1. The van der Waals surface area contributed by atoms with Gasteiger partial charge in [-0.3, -0.25) is 4.79 Å². The molecule has 1 aliphatic heterocycles. The molecule has 0 aliphatic carbocycles. The van der Waals surface area contributed by atoms with Crippen LogP contribution in [-0.4, -0.2) is 32.2 Å². The molecule has 0 fully saturated rings. The lowest BCUT2D eigenvalue weighted by atomic mass is 10.0. The standard InChI is InChI=1S/C22H28N2O3/c1-15(2)18-6-8-19(9-7-18)23-22(25)16(3)24(4)14-17-5-10-20-21(13-17)27-12-11-26-20/h5-10,13,15-16H,11-12,14H2,1-4H3,(H,23,25)/p+1/t16-/m1/s1. The summed E-state index contributed by atoms with van der Waals surface area (Å²) in [6.45, 7) is 8.17. The van der Waals surface area contributed by atoms with Crippen molar-refractivity contribution in [1.82, 2.24) is 0 Å². The van der Waals surface area contributed by atoms with Crippen LogP contribution in [0.3, 0.4) is 0 Å². The molecule has 2 N–H and O–H groups in total. The Kier molecular flexibility index (Phi) is 6.01. The average Bonchev–Trinajstić information content (AvgIpc) is 2.67. The van der Waals surface area contributed by atoms with Crippen LogP contribution >= 0.6 is 0 Å². The summed E-state index contributed by atoms with van der Waals surface area (Å²) in [5.74, 6) is 2.07. The fourth-order valence-electron chi connectivity index (χ4n) is 3.10. The summed E-state index contributed by atoms with van der Waals surface area (Å²) in [6.07, 6.45) is 0. The van der Waals surface area contributed by atoms with Crippen LogP contribution in [0.15, 0.2) is 42.5 Å². The van der Waals surface area contributed by atoms with Gasteiger partial charge in [0.05, 0.1) is 7.05 Å². The van der Waals surface area contributed by atoms with E-state index in [2.05, 4.69) is 31.3 Å². The molecule has 27 heavy (non-hydrogen) atoms. The van der Waals surface area contributed by atoms with Crippen molar-refractivity contribution >= 4 is 11.6 Å². The predicted molar refractivity (Wildman–Crippen MR) is 107 cm³/mol. The SMILES string of the molecule is CC(C)c1ccc(NC(=O)[C@@H](C)[NH+](C)Cc2ccc3c(c2)OCCO3)cc1. The van der Waals surface area contributed by atoms with Gasteiger partial charge in [0, 0.05) is 11.3 Å². The molecule has 5 heteroatoms. The number of quaternary nitrogens is 1. The third-order valence-corrected chi connectivity index (χ3v) is 5.07. The maximum Gasteiger partial charge on any atom is 0.282 e. The Bertz CT molecular complexity index is 787. The van der Waals surface area contributed by atoms with E-state index in [-0.39, 0.29) is 11.9 Å². The highest BCUT2D eigenvalue weighted by Crippen LogP contribution is 2.30. The fourth-order valence-corrected chi connectivity index (χ4v) is 3.10. The van der Waals surface area contributed by atoms with Crippen LogP contribution in [0.25, 0.3) is 0 Å². The second-order valence-electron chi connectivity index (χ2n) is 7.49. The molecular formula is C22H29N2O3+. The third kappa shape index (κ3) is 4.80. The molecule has 2 atom stereocenters. The number of amides is 1. The van der Waals surface area contributed by atoms with Gasteiger partial charge in [0.1, 0.15) is 19.8 Å². The first-order chi connectivity index (χ1) is 12.9. The molecular weight excluding hydrogens is 340 g/mol. The summed E-state index contributed by atoms with van der Waals surface area (Å²) in [5.41, 5.74) is 3.23. The molecule has 1 heterocycles. The summed E-state index contributed by atoms with van der Waals surface area (Å²) in [6, 6.07) is 13.9.